The summed E-state index contributed by atoms with van der Waals surface area (Å²) < 4.78 is 1.82. The molecule has 0 fully saturated rings. The van der Waals surface area contributed by atoms with Gasteiger partial charge in [-0.25, -0.2) is 0 Å². The summed E-state index contributed by atoms with van der Waals surface area (Å²) in [6.45, 7) is 4.29. The largest absolute Gasteiger partial charge is 0.303 e. The number of pyridine rings is 1. The lowest BCUT2D eigenvalue weighted by molar-refractivity contribution is 0.493. The molecule has 90 valence electrons. The summed E-state index contributed by atoms with van der Waals surface area (Å²) in [7, 11) is 1.93. The molecular weight excluding hydrogens is 212 g/mol. The molecule has 0 bridgehead atoms. The Bertz CT molecular complexity index is 463. The minimum atomic E-state index is 0.277. The highest BCUT2D eigenvalue weighted by atomic mass is 15.2. The van der Waals surface area contributed by atoms with E-state index >= 15 is 0 Å². The van der Waals surface area contributed by atoms with Crippen LogP contribution in [-0.4, -0.2) is 14.8 Å². The summed E-state index contributed by atoms with van der Waals surface area (Å²) in [6.07, 6.45) is 7.62. The molecule has 17 heavy (non-hydrogen) atoms. The third-order valence-electron chi connectivity index (χ3n) is 2.91. The molecule has 2 aromatic heterocycles. The van der Waals surface area contributed by atoms with Crippen LogP contribution in [0.15, 0.2) is 36.9 Å². The van der Waals surface area contributed by atoms with Crippen LogP contribution in [0, 0.1) is 0 Å². The molecule has 4 heteroatoms. The smallest absolute Gasteiger partial charge is 0.0537 e. The average molecular weight is 230 g/mol. The SMILES string of the molecule is CC(NC(C)c1cnn(C)c1)c1cccnc1. The third-order valence-corrected chi connectivity index (χ3v) is 2.91. The summed E-state index contributed by atoms with van der Waals surface area (Å²) in [4.78, 5) is 4.13. The fourth-order valence-electron chi connectivity index (χ4n) is 1.86. The summed E-state index contributed by atoms with van der Waals surface area (Å²) >= 11 is 0. The lowest BCUT2D eigenvalue weighted by Gasteiger charge is -2.19. The van der Waals surface area contributed by atoms with E-state index < -0.39 is 0 Å². The first kappa shape index (κ1) is 11.8. The molecule has 1 N–H and O–H groups in total. The summed E-state index contributed by atoms with van der Waals surface area (Å²) in [5, 5.41) is 7.71. The van der Waals surface area contributed by atoms with Gasteiger partial charge in [0.1, 0.15) is 0 Å². The van der Waals surface area contributed by atoms with E-state index in [1.807, 2.05) is 36.4 Å². The summed E-state index contributed by atoms with van der Waals surface area (Å²) in [5.74, 6) is 0. The average Bonchev–Trinajstić information content (AvgIpc) is 2.77. The molecule has 0 spiro atoms. The molecule has 2 unspecified atom stereocenters. The van der Waals surface area contributed by atoms with E-state index in [9.17, 15) is 0 Å². The van der Waals surface area contributed by atoms with Crippen molar-refractivity contribution < 1.29 is 0 Å². The maximum absolute atomic E-state index is 4.18. The van der Waals surface area contributed by atoms with Crippen molar-refractivity contribution in [2.24, 2.45) is 7.05 Å². The quantitative estimate of drug-likeness (QED) is 0.875. The Morgan fingerprint density at radius 2 is 1.94 bits per heavy atom. The zero-order valence-electron chi connectivity index (χ0n) is 10.5. The van der Waals surface area contributed by atoms with Gasteiger partial charge >= 0.3 is 0 Å². The number of aromatic nitrogens is 3. The van der Waals surface area contributed by atoms with E-state index in [4.69, 9.17) is 0 Å². The molecule has 0 aliphatic rings. The maximum Gasteiger partial charge on any atom is 0.0537 e. The molecule has 2 heterocycles. The van der Waals surface area contributed by atoms with Gasteiger partial charge in [-0.1, -0.05) is 6.07 Å². The van der Waals surface area contributed by atoms with Crippen LogP contribution in [0.1, 0.15) is 37.1 Å². The number of rotatable bonds is 4. The van der Waals surface area contributed by atoms with Crippen molar-refractivity contribution >= 4 is 0 Å². The zero-order valence-corrected chi connectivity index (χ0v) is 10.5. The Kier molecular flexibility index (Phi) is 3.54. The molecule has 4 nitrogen and oxygen atoms in total. The molecule has 2 atom stereocenters. The molecular formula is C13H18N4. The molecule has 0 aliphatic heterocycles. The van der Waals surface area contributed by atoms with E-state index in [0.717, 1.165) is 0 Å². The van der Waals surface area contributed by atoms with Gasteiger partial charge in [-0.05, 0) is 25.5 Å². The summed E-state index contributed by atoms with van der Waals surface area (Å²) in [6, 6.07) is 4.60. The van der Waals surface area contributed by atoms with Gasteiger partial charge in [-0.2, -0.15) is 5.10 Å². The van der Waals surface area contributed by atoms with Crippen LogP contribution >= 0.6 is 0 Å². The van der Waals surface area contributed by atoms with Crippen LogP contribution in [-0.2, 0) is 7.05 Å². The molecule has 2 rings (SSSR count). The van der Waals surface area contributed by atoms with Gasteiger partial charge in [0.05, 0.1) is 6.20 Å². The molecule has 2 aromatic rings. The van der Waals surface area contributed by atoms with Gasteiger partial charge in [-0.15, -0.1) is 0 Å². The van der Waals surface area contributed by atoms with Gasteiger partial charge in [-0.3, -0.25) is 9.67 Å². The topological polar surface area (TPSA) is 42.7 Å². The van der Waals surface area contributed by atoms with E-state index in [1.54, 1.807) is 6.20 Å². The number of nitrogens with zero attached hydrogens (tertiary/aromatic N) is 3. The van der Waals surface area contributed by atoms with E-state index in [-0.39, 0.29) is 12.1 Å². The van der Waals surface area contributed by atoms with Crippen molar-refractivity contribution in [3.8, 4) is 0 Å². The van der Waals surface area contributed by atoms with Gasteiger partial charge in [0.15, 0.2) is 0 Å². The Morgan fingerprint density at radius 3 is 2.53 bits per heavy atom. The third kappa shape index (κ3) is 2.91. The number of nitrogens with one attached hydrogen (secondary N) is 1. The minimum Gasteiger partial charge on any atom is -0.303 e. The number of hydrogen-bond acceptors (Lipinski definition) is 3. The van der Waals surface area contributed by atoms with E-state index in [1.165, 1.54) is 11.1 Å². The lowest BCUT2D eigenvalue weighted by Crippen LogP contribution is -2.22. The Morgan fingerprint density at radius 1 is 1.18 bits per heavy atom. The normalized spacial score (nSPS) is 14.5. The lowest BCUT2D eigenvalue weighted by atomic mass is 10.1. The van der Waals surface area contributed by atoms with Crippen molar-refractivity contribution in [2.75, 3.05) is 0 Å². The van der Waals surface area contributed by atoms with Crippen LogP contribution in [0.3, 0.4) is 0 Å². The zero-order chi connectivity index (χ0) is 12.3. The minimum absolute atomic E-state index is 0.277. The monoisotopic (exact) mass is 230 g/mol. The van der Waals surface area contributed by atoms with Crippen LogP contribution in [0.4, 0.5) is 0 Å². The molecule has 0 saturated heterocycles. The van der Waals surface area contributed by atoms with Crippen molar-refractivity contribution in [1.82, 2.24) is 20.1 Å². The number of hydrogen-bond donors (Lipinski definition) is 1. The number of aryl methyl sites for hydroxylation is 1. The Labute approximate surface area is 102 Å². The highest BCUT2D eigenvalue weighted by Gasteiger charge is 2.12. The van der Waals surface area contributed by atoms with Gasteiger partial charge in [0.2, 0.25) is 0 Å². The van der Waals surface area contributed by atoms with Crippen molar-refractivity contribution in [1.29, 1.82) is 0 Å². The predicted octanol–water partition coefficient (Wildman–Crippen LogP) is 2.23. The second-order valence-corrected chi connectivity index (χ2v) is 4.34. The van der Waals surface area contributed by atoms with Crippen LogP contribution < -0.4 is 5.32 Å². The summed E-state index contributed by atoms with van der Waals surface area (Å²) in [5.41, 5.74) is 2.39. The molecule has 0 saturated carbocycles. The van der Waals surface area contributed by atoms with Crippen LogP contribution in [0.5, 0.6) is 0 Å². The van der Waals surface area contributed by atoms with Crippen molar-refractivity contribution in [3.05, 3.63) is 48.0 Å². The first-order chi connectivity index (χ1) is 8.16. The first-order valence-electron chi connectivity index (χ1n) is 5.81. The fraction of sp³-hybridized carbons (Fsp3) is 0.385. The van der Waals surface area contributed by atoms with Gasteiger partial charge < -0.3 is 5.32 Å². The molecule has 0 aromatic carbocycles. The van der Waals surface area contributed by atoms with E-state index in [0.29, 0.717) is 0 Å². The Hall–Kier alpha value is -1.68. The van der Waals surface area contributed by atoms with Crippen LogP contribution in [0.2, 0.25) is 0 Å². The van der Waals surface area contributed by atoms with Crippen LogP contribution in [0.25, 0.3) is 0 Å². The highest BCUT2D eigenvalue weighted by Crippen LogP contribution is 2.17. The van der Waals surface area contributed by atoms with Crippen molar-refractivity contribution in [3.63, 3.8) is 0 Å². The second kappa shape index (κ2) is 5.10. The fourth-order valence-corrected chi connectivity index (χ4v) is 1.86. The standard InChI is InChI=1S/C13H18N4/c1-10(12-5-4-6-14-7-12)16-11(2)13-8-15-17(3)9-13/h4-11,16H,1-3H3. The molecule has 0 aliphatic carbocycles. The predicted molar refractivity (Wildman–Crippen MR) is 67.4 cm³/mol. The van der Waals surface area contributed by atoms with Gasteiger partial charge in [0.25, 0.3) is 0 Å². The highest BCUT2D eigenvalue weighted by molar-refractivity contribution is 5.15. The van der Waals surface area contributed by atoms with E-state index in [2.05, 4.69) is 35.3 Å². The Balaban J connectivity index is 2.02. The van der Waals surface area contributed by atoms with Gasteiger partial charge in [0, 0.05) is 43.3 Å². The molecule has 0 amide bonds. The van der Waals surface area contributed by atoms with Crippen molar-refractivity contribution in [2.45, 2.75) is 25.9 Å². The maximum atomic E-state index is 4.18. The second-order valence-electron chi connectivity index (χ2n) is 4.34. The molecule has 0 radical (unpaired) electrons. The first-order valence-corrected chi connectivity index (χ1v) is 5.81.